The summed E-state index contributed by atoms with van der Waals surface area (Å²) in [5.41, 5.74) is 1.74. The van der Waals surface area contributed by atoms with Crippen LogP contribution < -0.4 is 5.32 Å². The summed E-state index contributed by atoms with van der Waals surface area (Å²) < 4.78 is 13.5. The van der Waals surface area contributed by atoms with E-state index in [9.17, 15) is 4.39 Å². The minimum Gasteiger partial charge on any atom is -0.313 e. The lowest BCUT2D eigenvalue weighted by Crippen LogP contribution is -2.20. The number of rotatable bonds is 1. The summed E-state index contributed by atoms with van der Waals surface area (Å²) in [4.78, 5) is 0. The topological polar surface area (TPSA) is 12.0 Å². The first-order chi connectivity index (χ1) is 6.77. The van der Waals surface area contributed by atoms with Crippen LogP contribution in [0, 0.1) is 5.82 Å². The van der Waals surface area contributed by atoms with Crippen molar-refractivity contribution in [2.24, 2.45) is 0 Å². The summed E-state index contributed by atoms with van der Waals surface area (Å²) in [6, 6.07) is 4.83. The second kappa shape index (κ2) is 4.11. The Labute approximate surface area is 87.6 Å². The van der Waals surface area contributed by atoms with Crippen molar-refractivity contribution in [2.75, 3.05) is 13.1 Å². The number of hydrogen-bond acceptors (Lipinski definition) is 1. The van der Waals surface area contributed by atoms with E-state index in [4.69, 9.17) is 11.6 Å². The monoisotopic (exact) mass is 211 g/mol. The normalized spacial score (nSPS) is 16.6. The van der Waals surface area contributed by atoms with Gasteiger partial charge in [0.15, 0.2) is 0 Å². The molecule has 0 fully saturated rings. The van der Waals surface area contributed by atoms with Gasteiger partial charge in [0.2, 0.25) is 0 Å². The molecule has 1 heterocycles. The Hall–Kier alpha value is -0.860. The van der Waals surface area contributed by atoms with Crippen LogP contribution >= 0.6 is 11.6 Å². The van der Waals surface area contributed by atoms with Gasteiger partial charge in [-0.25, -0.2) is 4.39 Å². The van der Waals surface area contributed by atoms with Crippen molar-refractivity contribution < 1.29 is 4.39 Å². The lowest BCUT2D eigenvalue weighted by atomic mass is 10.00. The number of hydrogen-bond donors (Lipinski definition) is 1. The van der Waals surface area contributed by atoms with Gasteiger partial charge in [0, 0.05) is 17.1 Å². The van der Waals surface area contributed by atoms with Gasteiger partial charge in [-0.1, -0.05) is 23.7 Å². The summed E-state index contributed by atoms with van der Waals surface area (Å²) in [5, 5.41) is 3.64. The minimum absolute atomic E-state index is 0.231. The van der Waals surface area contributed by atoms with E-state index in [1.807, 2.05) is 6.08 Å². The van der Waals surface area contributed by atoms with E-state index >= 15 is 0 Å². The fourth-order valence-electron chi connectivity index (χ4n) is 1.62. The van der Waals surface area contributed by atoms with Gasteiger partial charge in [-0.15, -0.1) is 0 Å². The number of halogens is 2. The van der Waals surface area contributed by atoms with Gasteiger partial charge >= 0.3 is 0 Å². The molecule has 0 aliphatic carbocycles. The van der Waals surface area contributed by atoms with Gasteiger partial charge in [-0.2, -0.15) is 0 Å². The zero-order chi connectivity index (χ0) is 9.97. The molecule has 0 aromatic heterocycles. The molecule has 1 aromatic carbocycles. The van der Waals surface area contributed by atoms with Crippen LogP contribution in [0.15, 0.2) is 24.3 Å². The van der Waals surface area contributed by atoms with Crippen LogP contribution in [0.5, 0.6) is 0 Å². The van der Waals surface area contributed by atoms with E-state index < -0.39 is 0 Å². The molecule has 0 radical (unpaired) electrons. The highest BCUT2D eigenvalue weighted by molar-refractivity contribution is 6.30. The third-order valence-electron chi connectivity index (χ3n) is 2.34. The highest BCUT2D eigenvalue weighted by atomic mass is 35.5. The second-order valence-electron chi connectivity index (χ2n) is 3.31. The van der Waals surface area contributed by atoms with Gasteiger partial charge in [0.1, 0.15) is 5.82 Å². The largest absolute Gasteiger partial charge is 0.313 e. The van der Waals surface area contributed by atoms with Crippen LogP contribution in [-0.2, 0) is 0 Å². The SMILES string of the molecule is Fc1cc(Cl)ccc1C1=CCNCC1. The Kier molecular flexibility index (Phi) is 2.85. The van der Waals surface area contributed by atoms with Crippen molar-refractivity contribution in [1.29, 1.82) is 0 Å². The molecule has 0 unspecified atom stereocenters. The predicted molar refractivity (Wildman–Crippen MR) is 56.9 cm³/mol. The maximum absolute atomic E-state index is 13.5. The molecule has 0 bridgehead atoms. The van der Waals surface area contributed by atoms with Crippen LogP contribution in [0.2, 0.25) is 5.02 Å². The standard InChI is InChI=1S/C11H11ClFN/c12-9-1-2-10(11(13)7-9)8-3-5-14-6-4-8/h1-3,7,14H,4-6H2. The highest BCUT2D eigenvalue weighted by Gasteiger charge is 2.10. The molecule has 0 amide bonds. The lowest BCUT2D eigenvalue weighted by molar-refractivity contribution is 0.621. The summed E-state index contributed by atoms with van der Waals surface area (Å²) in [6.07, 6.45) is 2.90. The summed E-state index contributed by atoms with van der Waals surface area (Å²) in [7, 11) is 0. The molecule has 0 atom stereocenters. The molecule has 1 aliphatic heterocycles. The van der Waals surface area contributed by atoms with E-state index in [2.05, 4.69) is 5.32 Å². The van der Waals surface area contributed by atoms with Crippen LogP contribution in [0.25, 0.3) is 5.57 Å². The van der Waals surface area contributed by atoms with Gasteiger partial charge in [-0.05, 0) is 30.7 Å². The van der Waals surface area contributed by atoms with Crippen molar-refractivity contribution in [2.45, 2.75) is 6.42 Å². The Morgan fingerprint density at radius 3 is 2.86 bits per heavy atom. The number of benzene rings is 1. The smallest absolute Gasteiger partial charge is 0.132 e. The summed E-state index contributed by atoms with van der Waals surface area (Å²) in [5.74, 6) is -0.231. The quantitative estimate of drug-likeness (QED) is 0.753. The fraction of sp³-hybridized carbons (Fsp3) is 0.273. The Bertz CT molecular complexity index is 374. The van der Waals surface area contributed by atoms with Crippen molar-refractivity contribution in [1.82, 2.24) is 5.32 Å². The Morgan fingerprint density at radius 1 is 1.36 bits per heavy atom. The highest BCUT2D eigenvalue weighted by Crippen LogP contribution is 2.24. The first-order valence-corrected chi connectivity index (χ1v) is 5.00. The summed E-state index contributed by atoms with van der Waals surface area (Å²) >= 11 is 5.68. The molecular weight excluding hydrogens is 201 g/mol. The van der Waals surface area contributed by atoms with Gasteiger partial charge in [0.05, 0.1) is 0 Å². The van der Waals surface area contributed by atoms with Crippen molar-refractivity contribution in [3.8, 4) is 0 Å². The van der Waals surface area contributed by atoms with E-state index in [1.54, 1.807) is 12.1 Å². The zero-order valence-electron chi connectivity index (χ0n) is 7.69. The van der Waals surface area contributed by atoms with Gasteiger partial charge in [-0.3, -0.25) is 0 Å². The van der Waals surface area contributed by atoms with E-state index in [-0.39, 0.29) is 5.82 Å². The van der Waals surface area contributed by atoms with Crippen LogP contribution in [0.4, 0.5) is 4.39 Å². The van der Waals surface area contributed by atoms with E-state index in [1.165, 1.54) is 6.07 Å². The summed E-state index contributed by atoms with van der Waals surface area (Å²) in [6.45, 7) is 1.73. The average molecular weight is 212 g/mol. The van der Waals surface area contributed by atoms with E-state index in [0.29, 0.717) is 10.6 Å². The zero-order valence-corrected chi connectivity index (χ0v) is 8.44. The van der Waals surface area contributed by atoms with Gasteiger partial charge in [0.25, 0.3) is 0 Å². The predicted octanol–water partition coefficient (Wildman–Crippen LogP) is 2.86. The first-order valence-electron chi connectivity index (χ1n) is 4.62. The van der Waals surface area contributed by atoms with Crippen LogP contribution in [0.3, 0.4) is 0 Å². The molecule has 14 heavy (non-hydrogen) atoms. The lowest BCUT2D eigenvalue weighted by Gasteiger charge is -2.14. The molecular formula is C11H11ClFN. The van der Waals surface area contributed by atoms with Crippen molar-refractivity contribution in [3.63, 3.8) is 0 Å². The maximum atomic E-state index is 13.5. The average Bonchev–Trinajstić information content (AvgIpc) is 2.19. The fourth-order valence-corrected chi connectivity index (χ4v) is 1.78. The third-order valence-corrected chi connectivity index (χ3v) is 2.58. The molecule has 0 saturated carbocycles. The molecule has 74 valence electrons. The third kappa shape index (κ3) is 1.97. The molecule has 1 N–H and O–H groups in total. The minimum atomic E-state index is -0.231. The van der Waals surface area contributed by atoms with Crippen LogP contribution in [0.1, 0.15) is 12.0 Å². The molecule has 1 aliphatic rings. The Morgan fingerprint density at radius 2 is 2.21 bits per heavy atom. The molecule has 1 aromatic rings. The molecule has 1 nitrogen and oxygen atoms in total. The first kappa shape index (κ1) is 9.69. The molecule has 3 heteroatoms. The van der Waals surface area contributed by atoms with E-state index in [0.717, 1.165) is 25.1 Å². The number of nitrogens with one attached hydrogen (secondary N) is 1. The molecule has 0 saturated heterocycles. The Balaban J connectivity index is 2.35. The second-order valence-corrected chi connectivity index (χ2v) is 3.74. The van der Waals surface area contributed by atoms with Crippen molar-refractivity contribution >= 4 is 17.2 Å². The van der Waals surface area contributed by atoms with Gasteiger partial charge < -0.3 is 5.32 Å². The van der Waals surface area contributed by atoms with Crippen molar-refractivity contribution in [3.05, 3.63) is 40.7 Å². The molecule has 2 rings (SSSR count). The van der Waals surface area contributed by atoms with Crippen LogP contribution in [-0.4, -0.2) is 13.1 Å². The maximum Gasteiger partial charge on any atom is 0.132 e. The molecule has 0 spiro atoms.